The summed E-state index contributed by atoms with van der Waals surface area (Å²) >= 11 is 1.83. The number of hydrogen-bond donors (Lipinski definition) is 1. The number of aliphatic hydroxyl groups is 1. The molecule has 0 saturated heterocycles. The van der Waals surface area contributed by atoms with Gasteiger partial charge in [-0.15, -0.1) is 0 Å². The monoisotopic (exact) mass is 340 g/mol. The highest BCUT2D eigenvalue weighted by Crippen LogP contribution is 2.47. The molecule has 0 aliphatic carbocycles. The first-order chi connectivity index (χ1) is 11.1. The van der Waals surface area contributed by atoms with Crippen molar-refractivity contribution in [2.45, 2.75) is 68.1 Å². The third-order valence-corrected chi connectivity index (χ3v) is 6.09. The van der Waals surface area contributed by atoms with Gasteiger partial charge < -0.3 is 5.11 Å². The number of benzene rings is 2. The Balaban J connectivity index is 2.13. The number of fused-ring (bicyclic) bond motifs is 2. The fraction of sp³-hybridized carbons (Fsp3) is 0.455. The van der Waals surface area contributed by atoms with Gasteiger partial charge >= 0.3 is 0 Å². The van der Waals surface area contributed by atoms with Crippen LogP contribution in [0.1, 0.15) is 69.7 Å². The Bertz CT molecular complexity index is 699. The normalized spacial score (nSPS) is 15.1. The lowest BCUT2D eigenvalue weighted by Gasteiger charge is -2.31. The second-order valence-corrected chi connectivity index (χ2v) is 9.93. The number of hydrogen-bond acceptors (Lipinski definition) is 2. The first-order valence-electron chi connectivity index (χ1n) is 8.69. The standard InChI is InChI=1S/C22H28OS/c1-21(2,3)14-7-9-19-16(11-14)18(13-23)17-12-15(22(4,5)6)8-10-20(17)24-19/h7-12,18,23H,13H2,1-6H3. The summed E-state index contributed by atoms with van der Waals surface area (Å²) in [6.45, 7) is 13.6. The van der Waals surface area contributed by atoms with Gasteiger partial charge in [0.05, 0.1) is 6.61 Å². The van der Waals surface area contributed by atoms with Crippen LogP contribution in [0.25, 0.3) is 0 Å². The molecule has 2 aromatic rings. The number of rotatable bonds is 1. The van der Waals surface area contributed by atoms with Gasteiger partial charge in [0, 0.05) is 15.7 Å². The van der Waals surface area contributed by atoms with E-state index in [1.807, 2.05) is 11.8 Å². The van der Waals surface area contributed by atoms with Crippen LogP contribution in [0.2, 0.25) is 0 Å². The zero-order valence-corrected chi connectivity index (χ0v) is 16.4. The molecule has 0 saturated carbocycles. The molecule has 1 aliphatic heterocycles. The van der Waals surface area contributed by atoms with Gasteiger partial charge in [-0.05, 0) is 45.2 Å². The molecule has 0 atom stereocenters. The molecule has 3 rings (SSSR count). The maximum absolute atomic E-state index is 10.2. The van der Waals surface area contributed by atoms with E-state index >= 15 is 0 Å². The van der Waals surface area contributed by atoms with Gasteiger partial charge in [-0.25, -0.2) is 0 Å². The molecular formula is C22H28OS. The molecule has 0 aromatic heterocycles. The van der Waals surface area contributed by atoms with Gasteiger partial charge in [0.15, 0.2) is 0 Å². The third-order valence-electron chi connectivity index (χ3n) is 4.90. The highest BCUT2D eigenvalue weighted by Gasteiger charge is 2.29. The zero-order chi connectivity index (χ0) is 17.7. The lowest BCUT2D eigenvalue weighted by molar-refractivity contribution is 0.277. The minimum Gasteiger partial charge on any atom is -0.395 e. The Kier molecular flexibility index (Phi) is 4.34. The summed E-state index contributed by atoms with van der Waals surface area (Å²) in [5.74, 6) is 0.0702. The molecule has 2 heteroatoms. The first kappa shape index (κ1) is 17.6. The Morgan fingerprint density at radius 2 is 1.21 bits per heavy atom. The van der Waals surface area contributed by atoms with Crippen LogP contribution < -0.4 is 0 Å². The van der Waals surface area contributed by atoms with E-state index in [9.17, 15) is 5.11 Å². The predicted octanol–water partition coefficient (Wildman–Crippen LogP) is 5.87. The molecule has 0 amide bonds. The van der Waals surface area contributed by atoms with Crippen LogP contribution >= 0.6 is 11.8 Å². The van der Waals surface area contributed by atoms with Crippen LogP contribution in [-0.4, -0.2) is 11.7 Å². The Morgan fingerprint density at radius 1 is 0.792 bits per heavy atom. The van der Waals surface area contributed by atoms with E-state index in [2.05, 4.69) is 77.9 Å². The Hall–Kier alpha value is -1.25. The molecule has 1 nitrogen and oxygen atoms in total. The van der Waals surface area contributed by atoms with Crippen molar-refractivity contribution < 1.29 is 5.11 Å². The van der Waals surface area contributed by atoms with Crippen LogP contribution in [-0.2, 0) is 10.8 Å². The van der Waals surface area contributed by atoms with E-state index in [4.69, 9.17) is 0 Å². The van der Waals surface area contributed by atoms with Crippen molar-refractivity contribution >= 4 is 11.8 Å². The summed E-state index contributed by atoms with van der Waals surface area (Å²) < 4.78 is 0. The zero-order valence-electron chi connectivity index (χ0n) is 15.6. The van der Waals surface area contributed by atoms with E-state index in [0.717, 1.165) is 0 Å². The lowest BCUT2D eigenvalue weighted by atomic mass is 9.81. The summed E-state index contributed by atoms with van der Waals surface area (Å²) in [5.41, 5.74) is 5.44. The van der Waals surface area contributed by atoms with E-state index in [1.54, 1.807) is 0 Å². The van der Waals surface area contributed by atoms with Gasteiger partial charge in [-0.3, -0.25) is 0 Å². The molecule has 2 aromatic carbocycles. The molecule has 128 valence electrons. The van der Waals surface area contributed by atoms with Crippen LogP contribution in [0, 0.1) is 0 Å². The van der Waals surface area contributed by atoms with E-state index < -0.39 is 0 Å². The quantitative estimate of drug-likeness (QED) is 0.700. The molecule has 0 bridgehead atoms. The van der Waals surface area contributed by atoms with Crippen molar-refractivity contribution in [2.24, 2.45) is 0 Å². The summed E-state index contributed by atoms with van der Waals surface area (Å²) in [7, 11) is 0. The van der Waals surface area contributed by atoms with Crippen molar-refractivity contribution in [1.29, 1.82) is 0 Å². The SMILES string of the molecule is CC(C)(C)c1ccc2c(c1)C(CO)c1cc(C(C)(C)C)ccc1S2. The summed E-state index contributed by atoms with van der Waals surface area (Å²) in [6.07, 6.45) is 0. The molecule has 0 spiro atoms. The van der Waals surface area contributed by atoms with Crippen molar-refractivity contribution in [3.8, 4) is 0 Å². The van der Waals surface area contributed by atoms with Gasteiger partial charge in [0.25, 0.3) is 0 Å². The highest BCUT2D eigenvalue weighted by atomic mass is 32.2. The average Bonchev–Trinajstić information content (AvgIpc) is 2.49. The lowest BCUT2D eigenvalue weighted by Crippen LogP contribution is -2.18. The summed E-state index contributed by atoms with van der Waals surface area (Å²) in [5, 5.41) is 10.2. The molecule has 0 radical (unpaired) electrons. The molecule has 0 unspecified atom stereocenters. The second kappa shape index (κ2) is 5.93. The van der Waals surface area contributed by atoms with E-state index in [0.29, 0.717) is 0 Å². The Morgan fingerprint density at radius 3 is 1.54 bits per heavy atom. The maximum atomic E-state index is 10.2. The maximum Gasteiger partial charge on any atom is 0.0541 e. The molecule has 0 fully saturated rings. The molecule has 1 N–H and O–H groups in total. The van der Waals surface area contributed by atoms with Gasteiger partial charge in [-0.2, -0.15) is 0 Å². The van der Waals surface area contributed by atoms with Gasteiger partial charge in [0.1, 0.15) is 0 Å². The fourth-order valence-corrected chi connectivity index (χ4v) is 4.39. The summed E-state index contributed by atoms with van der Waals surface area (Å²) in [6, 6.07) is 13.5. The predicted molar refractivity (Wildman–Crippen MR) is 103 cm³/mol. The molecule has 24 heavy (non-hydrogen) atoms. The smallest absolute Gasteiger partial charge is 0.0541 e. The van der Waals surface area contributed by atoms with E-state index in [-0.39, 0.29) is 23.4 Å². The first-order valence-corrected chi connectivity index (χ1v) is 9.50. The van der Waals surface area contributed by atoms with Crippen molar-refractivity contribution in [3.05, 3.63) is 58.7 Å². The fourth-order valence-electron chi connectivity index (χ4n) is 3.24. The van der Waals surface area contributed by atoms with Crippen LogP contribution in [0.5, 0.6) is 0 Å². The van der Waals surface area contributed by atoms with E-state index in [1.165, 1.54) is 32.0 Å². The summed E-state index contributed by atoms with van der Waals surface area (Å²) in [4.78, 5) is 2.55. The van der Waals surface area contributed by atoms with Gasteiger partial charge in [-0.1, -0.05) is 77.6 Å². The molecule has 1 heterocycles. The Labute approximate surface area is 150 Å². The minimum atomic E-state index is 0.0702. The molecular weight excluding hydrogens is 312 g/mol. The minimum absolute atomic E-state index is 0.0702. The topological polar surface area (TPSA) is 20.2 Å². The van der Waals surface area contributed by atoms with Crippen molar-refractivity contribution in [2.75, 3.05) is 6.61 Å². The average molecular weight is 341 g/mol. The third kappa shape index (κ3) is 3.14. The van der Waals surface area contributed by atoms with Crippen molar-refractivity contribution in [3.63, 3.8) is 0 Å². The van der Waals surface area contributed by atoms with Crippen LogP contribution in [0.3, 0.4) is 0 Å². The van der Waals surface area contributed by atoms with Crippen LogP contribution in [0.15, 0.2) is 46.2 Å². The number of aliphatic hydroxyl groups excluding tert-OH is 1. The van der Waals surface area contributed by atoms with Gasteiger partial charge in [0.2, 0.25) is 0 Å². The highest BCUT2D eigenvalue weighted by molar-refractivity contribution is 7.99. The molecule has 1 aliphatic rings. The second-order valence-electron chi connectivity index (χ2n) is 8.84. The largest absolute Gasteiger partial charge is 0.395 e. The van der Waals surface area contributed by atoms with Crippen molar-refractivity contribution in [1.82, 2.24) is 0 Å². The van der Waals surface area contributed by atoms with Crippen LogP contribution in [0.4, 0.5) is 0 Å².